The Kier molecular flexibility index (Phi) is 3.27. The highest BCUT2D eigenvalue weighted by Gasteiger charge is 2.38. The number of nitrogens with zero attached hydrogens (tertiary/aromatic N) is 1. The molecule has 1 aliphatic heterocycles. The van der Waals surface area contributed by atoms with Gasteiger partial charge in [0.25, 0.3) is 0 Å². The fourth-order valence-electron chi connectivity index (χ4n) is 2.97. The number of carbonyl (C=O) groups excluding carboxylic acids is 1. The van der Waals surface area contributed by atoms with Gasteiger partial charge in [-0.15, -0.1) is 0 Å². The van der Waals surface area contributed by atoms with Gasteiger partial charge in [-0.25, -0.2) is 0 Å². The molecule has 1 atom stereocenters. The van der Waals surface area contributed by atoms with E-state index in [1.165, 1.54) is 5.56 Å². The first-order chi connectivity index (χ1) is 7.99. The van der Waals surface area contributed by atoms with Crippen molar-refractivity contribution in [1.82, 2.24) is 9.88 Å². The third kappa shape index (κ3) is 2.90. The first-order valence-electron chi connectivity index (χ1n) is 6.41. The summed E-state index contributed by atoms with van der Waals surface area (Å²) >= 11 is 0. The molecule has 1 saturated heterocycles. The van der Waals surface area contributed by atoms with Gasteiger partial charge in [-0.1, -0.05) is 13.8 Å². The minimum absolute atomic E-state index is 0.00734. The molecule has 17 heavy (non-hydrogen) atoms. The van der Waals surface area contributed by atoms with Gasteiger partial charge in [0.05, 0.1) is 0 Å². The Morgan fingerprint density at radius 3 is 2.76 bits per heavy atom. The van der Waals surface area contributed by atoms with Crippen molar-refractivity contribution < 1.29 is 4.79 Å². The van der Waals surface area contributed by atoms with E-state index in [1.54, 1.807) is 0 Å². The molecule has 2 rings (SSSR count). The molecule has 0 saturated carbocycles. The summed E-state index contributed by atoms with van der Waals surface area (Å²) in [4.78, 5) is 11.5. The van der Waals surface area contributed by atoms with Crippen molar-refractivity contribution in [3.63, 3.8) is 0 Å². The van der Waals surface area contributed by atoms with Crippen LogP contribution >= 0.6 is 0 Å². The van der Waals surface area contributed by atoms with Crippen LogP contribution in [-0.4, -0.2) is 16.0 Å². The van der Waals surface area contributed by atoms with E-state index in [9.17, 15) is 4.79 Å². The highest BCUT2D eigenvalue weighted by Crippen LogP contribution is 2.31. The minimum Gasteiger partial charge on any atom is -0.357 e. The molecule has 0 radical (unpaired) electrons. The number of amides is 1. The number of hydrogen-bond donors (Lipinski definition) is 1. The molecule has 1 aromatic rings. The van der Waals surface area contributed by atoms with E-state index in [1.807, 2.05) is 7.05 Å². The quantitative estimate of drug-likeness (QED) is 0.852. The van der Waals surface area contributed by atoms with Crippen molar-refractivity contribution in [2.45, 2.75) is 45.1 Å². The van der Waals surface area contributed by atoms with Gasteiger partial charge in [0.2, 0.25) is 5.91 Å². The average molecular weight is 234 g/mol. The van der Waals surface area contributed by atoms with Gasteiger partial charge in [-0.2, -0.15) is 0 Å². The van der Waals surface area contributed by atoms with E-state index >= 15 is 0 Å². The molecule has 3 heteroatoms. The van der Waals surface area contributed by atoms with Crippen molar-refractivity contribution in [3.05, 3.63) is 24.0 Å². The highest BCUT2D eigenvalue weighted by atomic mass is 16.2. The molecule has 0 aromatic carbocycles. The van der Waals surface area contributed by atoms with E-state index in [0.717, 1.165) is 19.3 Å². The molecule has 2 heterocycles. The Labute approximate surface area is 103 Å². The zero-order valence-electron chi connectivity index (χ0n) is 11.0. The van der Waals surface area contributed by atoms with Crippen LogP contribution in [0.4, 0.5) is 0 Å². The highest BCUT2D eigenvalue weighted by molar-refractivity contribution is 5.79. The summed E-state index contributed by atoms with van der Waals surface area (Å²) in [6.45, 7) is 4.44. The number of aryl methyl sites for hydroxylation is 1. The molecule has 0 aliphatic carbocycles. The second-order valence-electron chi connectivity index (χ2n) is 5.79. The van der Waals surface area contributed by atoms with Gasteiger partial charge in [0.1, 0.15) is 0 Å². The van der Waals surface area contributed by atoms with Crippen LogP contribution < -0.4 is 5.32 Å². The Balaban J connectivity index is 2.13. The van der Waals surface area contributed by atoms with E-state index in [4.69, 9.17) is 0 Å². The van der Waals surface area contributed by atoms with Crippen molar-refractivity contribution in [1.29, 1.82) is 0 Å². The third-order valence-electron chi connectivity index (χ3n) is 3.47. The third-order valence-corrected chi connectivity index (χ3v) is 3.47. The molecule has 0 bridgehead atoms. The predicted molar refractivity (Wildman–Crippen MR) is 68.7 cm³/mol. The summed E-state index contributed by atoms with van der Waals surface area (Å²) in [5, 5.41) is 3.21. The van der Waals surface area contributed by atoms with Crippen LogP contribution in [-0.2, 0) is 18.3 Å². The first kappa shape index (κ1) is 12.2. The van der Waals surface area contributed by atoms with Crippen LogP contribution in [0.25, 0.3) is 0 Å². The molecule has 1 aliphatic rings. The van der Waals surface area contributed by atoms with Gasteiger partial charge < -0.3 is 9.88 Å². The Morgan fingerprint density at radius 1 is 1.53 bits per heavy atom. The molecular formula is C14H22N2O. The lowest BCUT2D eigenvalue weighted by atomic mass is 9.83. The SMILES string of the molecule is CC(C)CC1(Cc2ccn(C)c2)CCC(=O)N1. The van der Waals surface area contributed by atoms with Gasteiger partial charge in [0.15, 0.2) is 0 Å². The number of nitrogens with one attached hydrogen (secondary N) is 1. The molecule has 94 valence electrons. The normalized spacial score (nSPS) is 24.4. The maximum Gasteiger partial charge on any atom is 0.220 e. The zero-order valence-corrected chi connectivity index (χ0v) is 11.0. The number of hydrogen-bond acceptors (Lipinski definition) is 1. The smallest absolute Gasteiger partial charge is 0.220 e. The van der Waals surface area contributed by atoms with Crippen LogP contribution in [0.5, 0.6) is 0 Å². The van der Waals surface area contributed by atoms with Crippen LogP contribution in [0.2, 0.25) is 0 Å². The molecule has 1 aromatic heterocycles. The maximum atomic E-state index is 11.5. The van der Waals surface area contributed by atoms with Crippen LogP contribution in [0, 0.1) is 5.92 Å². The maximum absolute atomic E-state index is 11.5. The second-order valence-corrected chi connectivity index (χ2v) is 5.79. The first-order valence-corrected chi connectivity index (χ1v) is 6.41. The Hall–Kier alpha value is -1.25. The lowest BCUT2D eigenvalue weighted by molar-refractivity contribution is -0.119. The molecule has 3 nitrogen and oxygen atoms in total. The molecule has 1 N–H and O–H groups in total. The lowest BCUT2D eigenvalue weighted by Gasteiger charge is -2.30. The van der Waals surface area contributed by atoms with Crippen LogP contribution in [0.1, 0.15) is 38.7 Å². The van der Waals surface area contributed by atoms with Crippen molar-refractivity contribution >= 4 is 5.91 Å². The van der Waals surface area contributed by atoms with Gasteiger partial charge in [-0.3, -0.25) is 4.79 Å². The summed E-state index contributed by atoms with van der Waals surface area (Å²) in [6.07, 6.45) is 7.88. The summed E-state index contributed by atoms with van der Waals surface area (Å²) < 4.78 is 2.06. The van der Waals surface area contributed by atoms with Crippen LogP contribution in [0.3, 0.4) is 0 Å². The van der Waals surface area contributed by atoms with Gasteiger partial charge in [-0.05, 0) is 36.8 Å². The van der Waals surface area contributed by atoms with Crippen molar-refractivity contribution in [3.8, 4) is 0 Å². The largest absolute Gasteiger partial charge is 0.357 e. The van der Waals surface area contributed by atoms with E-state index in [-0.39, 0.29) is 11.4 Å². The summed E-state index contributed by atoms with van der Waals surface area (Å²) in [5.74, 6) is 0.818. The summed E-state index contributed by atoms with van der Waals surface area (Å²) in [7, 11) is 2.03. The fourth-order valence-corrected chi connectivity index (χ4v) is 2.97. The molecule has 0 spiro atoms. The number of carbonyl (C=O) groups is 1. The standard InChI is InChI=1S/C14H22N2O/c1-11(2)8-14(6-4-13(17)15-14)9-12-5-7-16(3)10-12/h5,7,10-11H,4,6,8-9H2,1-3H3,(H,15,17). The van der Waals surface area contributed by atoms with Crippen molar-refractivity contribution in [2.75, 3.05) is 0 Å². The lowest BCUT2D eigenvalue weighted by Crippen LogP contribution is -2.44. The Morgan fingerprint density at radius 2 is 2.29 bits per heavy atom. The minimum atomic E-state index is -0.00734. The predicted octanol–water partition coefficient (Wildman–Crippen LogP) is 2.26. The average Bonchev–Trinajstić information content (AvgIpc) is 2.74. The summed E-state index contributed by atoms with van der Waals surface area (Å²) in [5.41, 5.74) is 1.31. The monoisotopic (exact) mass is 234 g/mol. The molecule has 1 fully saturated rings. The van der Waals surface area contributed by atoms with Crippen LogP contribution in [0.15, 0.2) is 18.5 Å². The van der Waals surface area contributed by atoms with Gasteiger partial charge in [0, 0.05) is 31.4 Å². The summed E-state index contributed by atoms with van der Waals surface area (Å²) in [6, 6.07) is 2.15. The second kappa shape index (κ2) is 4.55. The van der Waals surface area contributed by atoms with E-state index in [2.05, 4.69) is 42.2 Å². The van der Waals surface area contributed by atoms with E-state index in [0.29, 0.717) is 12.3 Å². The molecule has 1 amide bonds. The topological polar surface area (TPSA) is 34.0 Å². The number of rotatable bonds is 4. The Bertz CT molecular complexity index is 408. The zero-order chi connectivity index (χ0) is 12.5. The van der Waals surface area contributed by atoms with E-state index < -0.39 is 0 Å². The van der Waals surface area contributed by atoms with Gasteiger partial charge >= 0.3 is 0 Å². The molecular weight excluding hydrogens is 212 g/mol. The molecule has 1 unspecified atom stereocenters. The number of aromatic nitrogens is 1. The van der Waals surface area contributed by atoms with Crippen molar-refractivity contribution in [2.24, 2.45) is 13.0 Å². The fraction of sp³-hybridized carbons (Fsp3) is 0.643.